The van der Waals surface area contributed by atoms with E-state index in [1.54, 1.807) is 30.2 Å². The van der Waals surface area contributed by atoms with Crippen molar-refractivity contribution >= 4 is 22.7 Å². The molecule has 0 aliphatic carbocycles. The molecule has 0 unspecified atom stereocenters. The van der Waals surface area contributed by atoms with E-state index in [1.807, 2.05) is 36.4 Å². The quantitative estimate of drug-likeness (QED) is 0.662. The molecule has 1 saturated heterocycles. The number of ether oxygens (including phenoxy) is 2. The first kappa shape index (κ1) is 20.7. The number of amides is 2. The first-order valence-corrected chi connectivity index (χ1v) is 10.3. The minimum Gasteiger partial charge on any atom is -0.493 e. The third-order valence-corrected chi connectivity index (χ3v) is 5.60. The van der Waals surface area contributed by atoms with Gasteiger partial charge in [0.1, 0.15) is 0 Å². The van der Waals surface area contributed by atoms with Crippen molar-refractivity contribution in [3.63, 3.8) is 0 Å². The van der Waals surface area contributed by atoms with Gasteiger partial charge < -0.3 is 20.1 Å². The highest BCUT2D eigenvalue weighted by Crippen LogP contribution is 2.30. The lowest BCUT2D eigenvalue weighted by Gasteiger charge is -2.33. The Morgan fingerprint density at radius 1 is 1.13 bits per heavy atom. The Balaban J connectivity index is 1.51. The molecule has 3 aromatic rings. The minimum atomic E-state index is -0.504. The molecule has 1 aliphatic heterocycles. The SMILES string of the molecule is COc1ccccc1OCC(=O)N1CCC[C@@H](c2nc3ccccc3cc2C(N)=O)C1. The summed E-state index contributed by atoms with van der Waals surface area (Å²) in [5.74, 6) is 0.432. The maximum Gasteiger partial charge on any atom is 0.260 e. The van der Waals surface area contributed by atoms with Crippen molar-refractivity contribution in [1.29, 1.82) is 0 Å². The number of benzene rings is 2. The van der Waals surface area contributed by atoms with Gasteiger partial charge in [-0.3, -0.25) is 14.6 Å². The van der Waals surface area contributed by atoms with E-state index in [-0.39, 0.29) is 18.4 Å². The van der Waals surface area contributed by atoms with Crippen molar-refractivity contribution in [2.75, 3.05) is 26.8 Å². The molecule has 31 heavy (non-hydrogen) atoms. The number of likely N-dealkylation sites (tertiary alicyclic amines) is 1. The highest BCUT2D eigenvalue weighted by atomic mass is 16.5. The van der Waals surface area contributed by atoms with E-state index >= 15 is 0 Å². The van der Waals surface area contributed by atoms with Crippen LogP contribution in [0.1, 0.15) is 34.8 Å². The predicted octanol–water partition coefficient (Wildman–Crippen LogP) is 3.13. The monoisotopic (exact) mass is 419 g/mol. The normalized spacial score (nSPS) is 16.2. The number of hydrogen-bond donors (Lipinski definition) is 1. The first-order chi connectivity index (χ1) is 15.1. The number of aromatic nitrogens is 1. The Kier molecular flexibility index (Phi) is 6.02. The van der Waals surface area contributed by atoms with Crippen LogP contribution >= 0.6 is 0 Å². The molecule has 0 bridgehead atoms. The minimum absolute atomic E-state index is 0.0592. The van der Waals surface area contributed by atoms with Crippen LogP contribution in [0.25, 0.3) is 10.9 Å². The van der Waals surface area contributed by atoms with Crippen molar-refractivity contribution in [3.8, 4) is 11.5 Å². The van der Waals surface area contributed by atoms with Gasteiger partial charge in [0.15, 0.2) is 18.1 Å². The van der Waals surface area contributed by atoms with E-state index < -0.39 is 5.91 Å². The lowest BCUT2D eigenvalue weighted by Crippen LogP contribution is -2.42. The van der Waals surface area contributed by atoms with Crippen molar-refractivity contribution < 1.29 is 19.1 Å². The van der Waals surface area contributed by atoms with E-state index in [9.17, 15) is 9.59 Å². The molecule has 4 rings (SSSR count). The molecule has 1 aliphatic rings. The van der Waals surface area contributed by atoms with Gasteiger partial charge in [0.25, 0.3) is 11.8 Å². The van der Waals surface area contributed by atoms with Gasteiger partial charge in [-0.25, -0.2) is 0 Å². The van der Waals surface area contributed by atoms with Crippen LogP contribution in [0.3, 0.4) is 0 Å². The Morgan fingerprint density at radius 2 is 1.87 bits per heavy atom. The van der Waals surface area contributed by atoms with E-state index in [1.165, 1.54) is 0 Å². The Hall–Kier alpha value is -3.61. The van der Waals surface area contributed by atoms with Gasteiger partial charge in [0.05, 0.1) is 23.9 Å². The van der Waals surface area contributed by atoms with Crippen LogP contribution in [-0.2, 0) is 4.79 Å². The number of piperidine rings is 1. The maximum absolute atomic E-state index is 12.8. The molecular weight excluding hydrogens is 394 g/mol. The molecule has 0 radical (unpaired) electrons. The second-order valence-electron chi connectivity index (χ2n) is 7.60. The highest BCUT2D eigenvalue weighted by Gasteiger charge is 2.29. The highest BCUT2D eigenvalue weighted by molar-refractivity contribution is 5.97. The summed E-state index contributed by atoms with van der Waals surface area (Å²) < 4.78 is 11.0. The van der Waals surface area contributed by atoms with Crippen LogP contribution in [0.4, 0.5) is 0 Å². The number of primary amides is 1. The number of carbonyl (C=O) groups is 2. The van der Waals surface area contributed by atoms with Crippen molar-refractivity contribution in [2.24, 2.45) is 5.73 Å². The number of pyridine rings is 1. The first-order valence-electron chi connectivity index (χ1n) is 10.3. The summed E-state index contributed by atoms with van der Waals surface area (Å²) in [5.41, 5.74) is 7.55. The second kappa shape index (κ2) is 9.04. The summed E-state index contributed by atoms with van der Waals surface area (Å²) in [6.07, 6.45) is 1.65. The van der Waals surface area contributed by atoms with Crippen LogP contribution in [0.2, 0.25) is 0 Å². The molecule has 1 fully saturated rings. The summed E-state index contributed by atoms with van der Waals surface area (Å²) in [6.45, 7) is 1.03. The number of para-hydroxylation sites is 3. The number of fused-ring (bicyclic) bond motifs is 1. The third-order valence-electron chi connectivity index (χ3n) is 5.60. The largest absolute Gasteiger partial charge is 0.493 e. The zero-order valence-corrected chi connectivity index (χ0v) is 17.4. The average molecular weight is 419 g/mol. The molecule has 1 atom stereocenters. The topological polar surface area (TPSA) is 94.8 Å². The van der Waals surface area contributed by atoms with Crippen LogP contribution in [-0.4, -0.2) is 48.5 Å². The zero-order chi connectivity index (χ0) is 21.8. The van der Waals surface area contributed by atoms with E-state index in [4.69, 9.17) is 20.2 Å². The molecule has 0 spiro atoms. The number of carbonyl (C=O) groups excluding carboxylic acids is 2. The maximum atomic E-state index is 12.8. The number of rotatable bonds is 6. The summed E-state index contributed by atoms with van der Waals surface area (Å²) in [5, 5.41) is 0.869. The van der Waals surface area contributed by atoms with Gasteiger partial charge in [-0.2, -0.15) is 0 Å². The smallest absolute Gasteiger partial charge is 0.260 e. The van der Waals surface area contributed by atoms with Gasteiger partial charge in [-0.15, -0.1) is 0 Å². The number of nitrogens with zero attached hydrogens (tertiary/aromatic N) is 2. The molecule has 1 aromatic heterocycles. The fourth-order valence-electron chi connectivity index (χ4n) is 4.04. The van der Waals surface area contributed by atoms with Gasteiger partial charge >= 0.3 is 0 Å². The van der Waals surface area contributed by atoms with Gasteiger partial charge in [-0.1, -0.05) is 30.3 Å². The van der Waals surface area contributed by atoms with Gasteiger partial charge in [0, 0.05) is 24.4 Å². The molecule has 2 amide bonds. The average Bonchev–Trinajstić information content (AvgIpc) is 2.81. The summed E-state index contributed by atoms with van der Waals surface area (Å²) in [4.78, 5) is 31.5. The molecule has 2 heterocycles. The van der Waals surface area contributed by atoms with Crippen LogP contribution in [0.15, 0.2) is 54.6 Å². The van der Waals surface area contributed by atoms with Crippen molar-refractivity contribution in [2.45, 2.75) is 18.8 Å². The van der Waals surface area contributed by atoms with Crippen LogP contribution < -0.4 is 15.2 Å². The fraction of sp³-hybridized carbons (Fsp3) is 0.292. The molecule has 160 valence electrons. The molecule has 2 N–H and O–H groups in total. The molecule has 7 nitrogen and oxygen atoms in total. The lowest BCUT2D eigenvalue weighted by atomic mass is 9.90. The lowest BCUT2D eigenvalue weighted by molar-refractivity contribution is -0.134. The second-order valence-corrected chi connectivity index (χ2v) is 7.60. The zero-order valence-electron chi connectivity index (χ0n) is 17.4. The molecule has 2 aromatic carbocycles. The van der Waals surface area contributed by atoms with E-state index in [0.717, 1.165) is 23.7 Å². The summed E-state index contributed by atoms with van der Waals surface area (Å²) in [7, 11) is 1.56. The summed E-state index contributed by atoms with van der Waals surface area (Å²) in [6, 6.07) is 16.7. The van der Waals surface area contributed by atoms with E-state index in [0.29, 0.717) is 35.8 Å². The van der Waals surface area contributed by atoms with Crippen LogP contribution in [0, 0.1) is 0 Å². The third kappa shape index (κ3) is 4.45. The fourth-order valence-corrected chi connectivity index (χ4v) is 4.04. The molecule has 0 saturated carbocycles. The van der Waals surface area contributed by atoms with E-state index in [2.05, 4.69) is 0 Å². The predicted molar refractivity (Wildman–Crippen MR) is 117 cm³/mol. The van der Waals surface area contributed by atoms with Gasteiger partial charge in [0.2, 0.25) is 0 Å². The summed E-state index contributed by atoms with van der Waals surface area (Å²) >= 11 is 0. The molecular formula is C24H25N3O4. The number of methoxy groups -OCH3 is 1. The van der Waals surface area contributed by atoms with Crippen molar-refractivity contribution in [3.05, 3.63) is 65.9 Å². The Labute approximate surface area is 180 Å². The Morgan fingerprint density at radius 3 is 2.65 bits per heavy atom. The van der Waals surface area contributed by atoms with Gasteiger partial charge in [-0.05, 0) is 37.1 Å². The number of nitrogens with two attached hydrogens (primary N) is 1. The van der Waals surface area contributed by atoms with Crippen molar-refractivity contribution in [1.82, 2.24) is 9.88 Å². The number of hydrogen-bond acceptors (Lipinski definition) is 5. The standard InChI is InChI=1S/C24H25N3O4/c1-30-20-10-4-5-11-21(20)31-15-22(28)27-12-6-8-17(14-27)23-18(24(25)29)13-16-7-2-3-9-19(16)26-23/h2-5,7,9-11,13,17H,6,8,12,14-15H2,1H3,(H2,25,29)/t17-/m1/s1. The van der Waals surface area contributed by atoms with Crippen LogP contribution in [0.5, 0.6) is 11.5 Å². The molecule has 7 heteroatoms. The Bertz CT molecular complexity index is 1110.